The SMILES string of the molecule is CCCNc1nc(Nc2cccc(F)c2)ncc1C#CCCCNC(=O)[C@H]1CCCN1C(=O)/C=C/CN(C)C. The van der Waals surface area contributed by atoms with E-state index in [0.717, 1.165) is 19.4 Å². The Morgan fingerprint density at radius 1 is 1.28 bits per heavy atom. The van der Waals surface area contributed by atoms with Gasteiger partial charge >= 0.3 is 0 Å². The second kappa shape index (κ2) is 15.4. The highest BCUT2D eigenvalue weighted by Gasteiger charge is 2.32. The number of nitrogens with one attached hydrogen (secondary N) is 3. The summed E-state index contributed by atoms with van der Waals surface area (Å²) in [5.41, 5.74) is 1.22. The molecule has 9 nitrogen and oxygen atoms in total. The number of unbranched alkanes of at least 4 members (excludes halogenated alkanes) is 1. The zero-order valence-electron chi connectivity index (χ0n) is 23.0. The lowest BCUT2D eigenvalue weighted by molar-refractivity contribution is -0.135. The fourth-order valence-corrected chi connectivity index (χ4v) is 4.03. The molecule has 3 N–H and O–H groups in total. The summed E-state index contributed by atoms with van der Waals surface area (Å²) >= 11 is 0. The molecular formula is C29H38FN7O2. The first-order chi connectivity index (χ1) is 18.9. The molecule has 2 heterocycles. The van der Waals surface area contributed by atoms with E-state index < -0.39 is 6.04 Å². The van der Waals surface area contributed by atoms with Gasteiger partial charge in [-0.25, -0.2) is 9.37 Å². The van der Waals surface area contributed by atoms with Crippen LogP contribution in [0.1, 0.15) is 44.6 Å². The molecule has 208 valence electrons. The lowest BCUT2D eigenvalue weighted by Gasteiger charge is -2.22. The fraction of sp³-hybridized carbons (Fsp3) is 0.448. The summed E-state index contributed by atoms with van der Waals surface area (Å²) in [7, 11) is 3.87. The molecule has 0 bridgehead atoms. The Morgan fingerprint density at radius 2 is 2.13 bits per heavy atom. The molecule has 0 spiro atoms. The Morgan fingerprint density at radius 3 is 2.90 bits per heavy atom. The molecular weight excluding hydrogens is 497 g/mol. The topological polar surface area (TPSA) is 102 Å². The van der Waals surface area contributed by atoms with Gasteiger partial charge in [-0.15, -0.1) is 0 Å². The van der Waals surface area contributed by atoms with Crippen molar-refractivity contribution >= 4 is 29.3 Å². The van der Waals surface area contributed by atoms with Crippen molar-refractivity contribution < 1.29 is 14.0 Å². The van der Waals surface area contributed by atoms with Gasteiger partial charge in [-0.05, 0) is 58.0 Å². The van der Waals surface area contributed by atoms with Crippen molar-refractivity contribution in [2.45, 2.75) is 45.1 Å². The summed E-state index contributed by atoms with van der Waals surface area (Å²) in [5.74, 6) is 6.62. The molecule has 0 unspecified atom stereocenters. The van der Waals surface area contributed by atoms with E-state index in [1.807, 2.05) is 25.1 Å². The normalized spacial score (nSPS) is 14.8. The monoisotopic (exact) mass is 535 g/mol. The summed E-state index contributed by atoms with van der Waals surface area (Å²) < 4.78 is 13.5. The van der Waals surface area contributed by atoms with E-state index in [0.29, 0.717) is 61.9 Å². The van der Waals surface area contributed by atoms with Crippen molar-refractivity contribution in [3.05, 3.63) is 54.0 Å². The van der Waals surface area contributed by atoms with Crippen LogP contribution in [0.25, 0.3) is 0 Å². The van der Waals surface area contributed by atoms with Gasteiger partial charge in [0.15, 0.2) is 0 Å². The number of hydrogen-bond acceptors (Lipinski definition) is 7. The Balaban J connectivity index is 1.50. The number of anilines is 3. The lowest BCUT2D eigenvalue weighted by atomic mass is 10.2. The van der Waals surface area contributed by atoms with Gasteiger partial charge in [0.05, 0.1) is 11.8 Å². The average Bonchev–Trinajstić information content (AvgIpc) is 3.40. The van der Waals surface area contributed by atoms with E-state index in [1.54, 1.807) is 29.3 Å². The third-order valence-electron chi connectivity index (χ3n) is 5.98. The van der Waals surface area contributed by atoms with Gasteiger partial charge < -0.3 is 25.8 Å². The summed E-state index contributed by atoms with van der Waals surface area (Å²) in [6.45, 7) is 4.54. The maximum atomic E-state index is 13.5. The molecule has 1 aliphatic heterocycles. The number of aromatic nitrogens is 2. The third kappa shape index (κ3) is 9.69. The number of likely N-dealkylation sites (tertiary alicyclic amines) is 1. The number of hydrogen-bond donors (Lipinski definition) is 3. The maximum Gasteiger partial charge on any atom is 0.246 e. The van der Waals surface area contributed by atoms with Gasteiger partial charge in [0.1, 0.15) is 17.7 Å². The number of rotatable bonds is 12. The molecule has 0 radical (unpaired) electrons. The van der Waals surface area contributed by atoms with Crippen LogP contribution < -0.4 is 16.0 Å². The second-order valence-electron chi connectivity index (χ2n) is 9.57. The van der Waals surface area contributed by atoms with Crippen molar-refractivity contribution in [3.8, 4) is 11.8 Å². The van der Waals surface area contributed by atoms with Crippen LogP contribution in [0.4, 0.5) is 21.8 Å². The van der Waals surface area contributed by atoms with E-state index in [-0.39, 0.29) is 17.6 Å². The highest BCUT2D eigenvalue weighted by Crippen LogP contribution is 2.19. The molecule has 1 atom stereocenters. The molecule has 1 aliphatic rings. The molecule has 2 amide bonds. The molecule has 0 aliphatic carbocycles. The van der Waals surface area contributed by atoms with Gasteiger partial charge in [-0.2, -0.15) is 4.98 Å². The first-order valence-electron chi connectivity index (χ1n) is 13.4. The van der Waals surface area contributed by atoms with Crippen LogP contribution in [-0.2, 0) is 9.59 Å². The second-order valence-corrected chi connectivity index (χ2v) is 9.57. The smallest absolute Gasteiger partial charge is 0.246 e. The van der Waals surface area contributed by atoms with E-state index in [9.17, 15) is 14.0 Å². The van der Waals surface area contributed by atoms with Gasteiger partial charge in [-0.3, -0.25) is 9.59 Å². The minimum absolute atomic E-state index is 0.115. The summed E-state index contributed by atoms with van der Waals surface area (Å²) in [5, 5.41) is 9.23. The van der Waals surface area contributed by atoms with Gasteiger partial charge in [0, 0.05) is 44.4 Å². The first kappa shape index (κ1) is 29.6. The number of nitrogens with zero attached hydrogens (tertiary/aromatic N) is 4. The Kier molecular flexibility index (Phi) is 11.7. The van der Waals surface area contributed by atoms with Crippen molar-refractivity contribution in [1.29, 1.82) is 0 Å². The number of amides is 2. The van der Waals surface area contributed by atoms with Crippen LogP contribution in [0.2, 0.25) is 0 Å². The molecule has 1 aromatic heterocycles. The predicted molar refractivity (Wildman–Crippen MR) is 152 cm³/mol. The zero-order chi connectivity index (χ0) is 28.0. The molecule has 1 aromatic carbocycles. The summed E-state index contributed by atoms with van der Waals surface area (Å²) in [6.07, 6.45) is 8.69. The molecule has 39 heavy (non-hydrogen) atoms. The quantitative estimate of drug-likeness (QED) is 0.217. The highest BCUT2D eigenvalue weighted by atomic mass is 19.1. The minimum atomic E-state index is -0.420. The van der Waals surface area contributed by atoms with Crippen LogP contribution in [0.5, 0.6) is 0 Å². The fourth-order valence-electron chi connectivity index (χ4n) is 4.03. The minimum Gasteiger partial charge on any atom is -0.369 e. The summed E-state index contributed by atoms with van der Waals surface area (Å²) in [4.78, 5) is 37.6. The molecule has 10 heteroatoms. The zero-order valence-corrected chi connectivity index (χ0v) is 23.0. The van der Waals surface area contributed by atoms with Gasteiger partial charge in [0.2, 0.25) is 17.8 Å². The van der Waals surface area contributed by atoms with Gasteiger partial charge in [-0.1, -0.05) is 30.9 Å². The van der Waals surface area contributed by atoms with Crippen molar-refractivity contribution in [3.63, 3.8) is 0 Å². The van der Waals surface area contributed by atoms with E-state index in [4.69, 9.17) is 0 Å². The van der Waals surface area contributed by atoms with Crippen LogP contribution >= 0.6 is 0 Å². The Hall–Kier alpha value is -3.97. The van der Waals surface area contributed by atoms with Crippen LogP contribution in [0, 0.1) is 17.7 Å². The Labute approximate surface area is 230 Å². The van der Waals surface area contributed by atoms with E-state index >= 15 is 0 Å². The van der Waals surface area contributed by atoms with Crippen LogP contribution in [0.3, 0.4) is 0 Å². The molecule has 0 saturated carbocycles. The predicted octanol–water partition coefficient (Wildman–Crippen LogP) is 3.54. The van der Waals surface area contributed by atoms with E-state index in [1.165, 1.54) is 12.1 Å². The highest BCUT2D eigenvalue weighted by molar-refractivity contribution is 5.93. The molecule has 1 fully saturated rings. The molecule has 3 rings (SSSR count). The number of halogens is 1. The van der Waals surface area contributed by atoms with Crippen molar-refractivity contribution in [1.82, 2.24) is 25.1 Å². The largest absolute Gasteiger partial charge is 0.369 e. The maximum absolute atomic E-state index is 13.5. The van der Waals surface area contributed by atoms with Crippen molar-refractivity contribution in [2.75, 3.05) is 50.9 Å². The Bertz CT molecular complexity index is 1210. The standard InChI is InChI=1S/C29H38FN7O2/c1-4-16-31-27-22(21-33-29(35-27)34-24-13-8-12-23(30)20-24)11-6-5-7-17-32-28(39)25-14-9-19-37(25)26(38)15-10-18-36(2)3/h8,10,12-13,15,20-21,25H,4-5,7,9,14,16-19H2,1-3H3,(H,32,39)(H2,31,33,34,35)/b15-10+/t25-/m1/s1. The number of carbonyl (C=O) groups excluding carboxylic acids is 2. The van der Waals surface area contributed by atoms with Gasteiger partial charge in [0.25, 0.3) is 0 Å². The number of benzene rings is 1. The summed E-state index contributed by atoms with van der Waals surface area (Å²) in [6, 6.07) is 5.69. The van der Waals surface area contributed by atoms with Crippen LogP contribution in [-0.4, -0.2) is 77.9 Å². The third-order valence-corrected chi connectivity index (χ3v) is 5.98. The number of carbonyl (C=O) groups is 2. The first-order valence-corrected chi connectivity index (χ1v) is 13.4. The van der Waals surface area contributed by atoms with Crippen LogP contribution in [0.15, 0.2) is 42.6 Å². The molecule has 1 saturated heterocycles. The van der Waals surface area contributed by atoms with Crippen molar-refractivity contribution in [2.24, 2.45) is 0 Å². The van der Waals surface area contributed by atoms with E-state index in [2.05, 4.69) is 44.7 Å². The number of likely N-dealkylation sites (N-methyl/N-ethyl adjacent to an activating group) is 1. The average molecular weight is 536 g/mol. The molecule has 2 aromatic rings. The lowest BCUT2D eigenvalue weighted by Crippen LogP contribution is -2.45.